The lowest BCUT2D eigenvalue weighted by Gasteiger charge is -2.03. The smallest absolute Gasteiger partial charge is 0.275 e. The molecule has 0 bridgehead atoms. The summed E-state index contributed by atoms with van der Waals surface area (Å²) >= 11 is 0. The minimum absolute atomic E-state index is 0.181. The minimum Gasteiger partial charge on any atom is -0.507 e. The van der Waals surface area contributed by atoms with Gasteiger partial charge in [-0.1, -0.05) is 30.3 Å². The van der Waals surface area contributed by atoms with Gasteiger partial charge in [-0.2, -0.15) is 0 Å². The summed E-state index contributed by atoms with van der Waals surface area (Å²) in [5.74, 6) is -0.931. The van der Waals surface area contributed by atoms with Crippen molar-refractivity contribution in [1.82, 2.24) is 9.97 Å². The zero-order valence-corrected chi connectivity index (χ0v) is 10.1. The number of nitrogens with zero attached hydrogens (tertiary/aromatic N) is 2. The van der Waals surface area contributed by atoms with Gasteiger partial charge in [0.1, 0.15) is 11.5 Å². The van der Waals surface area contributed by atoms with E-state index in [1.54, 1.807) is 35.8 Å². The SMILES string of the molecule is O=Nc1[nH]c(=O)c(C=C(O)c2ccccc2)nc1NO. The Labute approximate surface area is 112 Å². The molecule has 0 aliphatic rings. The molecular weight excluding hydrogens is 264 g/mol. The molecule has 1 aromatic carbocycles. The van der Waals surface area contributed by atoms with E-state index in [2.05, 4.69) is 15.1 Å². The summed E-state index contributed by atoms with van der Waals surface area (Å²) in [6.45, 7) is 0. The van der Waals surface area contributed by atoms with Crippen LogP contribution in [0, 0.1) is 4.91 Å². The van der Waals surface area contributed by atoms with Crippen LogP contribution in [0.25, 0.3) is 11.8 Å². The Kier molecular flexibility index (Phi) is 3.87. The Hall–Kier alpha value is -3.00. The van der Waals surface area contributed by atoms with Crippen molar-refractivity contribution < 1.29 is 10.3 Å². The van der Waals surface area contributed by atoms with Gasteiger partial charge in [0, 0.05) is 11.6 Å². The van der Waals surface area contributed by atoms with Crippen molar-refractivity contribution in [2.24, 2.45) is 5.18 Å². The van der Waals surface area contributed by atoms with Crippen LogP contribution in [0.5, 0.6) is 0 Å². The molecule has 4 N–H and O–H groups in total. The van der Waals surface area contributed by atoms with Crippen molar-refractivity contribution in [1.29, 1.82) is 0 Å². The van der Waals surface area contributed by atoms with Crippen LogP contribution >= 0.6 is 0 Å². The van der Waals surface area contributed by atoms with Crippen molar-refractivity contribution in [3.05, 3.63) is 56.9 Å². The molecule has 8 heteroatoms. The Morgan fingerprint density at radius 3 is 2.65 bits per heavy atom. The van der Waals surface area contributed by atoms with Gasteiger partial charge in [-0.15, -0.1) is 4.91 Å². The third-order valence-electron chi connectivity index (χ3n) is 2.46. The predicted octanol–water partition coefficient (Wildman–Crippen LogP) is 2.02. The number of rotatable bonds is 4. The highest BCUT2D eigenvalue weighted by atomic mass is 16.5. The summed E-state index contributed by atoms with van der Waals surface area (Å²) in [7, 11) is 0. The van der Waals surface area contributed by atoms with E-state index in [9.17, 15) is 14.8 Å². The maximum atomic E-state index is 11.7. The van der Waals surface area contributed by atoms with Crippen LogP contribution in [-0.2, 0) is 0 Å². The molecule has 0 spiro atoms. The van der Waals surface area contributed by atoms with Crippen LogP contribution in [0.2, 0.25) is 0 Å². The van der Waals surface area contributed by atoms with Crippen LogP contribution < -0.4 is 11.0 Å². The molecule has 20 heavy (non-hydrogen) atoms. The van der Waals surface area contributed by atoms with E-state index in [0.717, 1.165) is 6.08 Å². The number of H-pyrrole nitrogens is 1. The molecule has 0 radical (unpaired) electrons. The zero-order chi connectivity index (χ0) is 14.5. The molecule has 1 heterocycles. The molecular formula is C12H10N4O4. The zero-order valence-electron chi connectivity index (χ0n) is 10.1. The van der Waals surface area contributed by atoms with Crippen molar-refractivity contribution in [3.8, 4) is 0 Å². The first kappa shape index (κ1) is 13.4. The van der Waals surface area contributed by atoms with E-state index in [1.165, 1.54) is 0 Å². The summed E-state index contributed by atoms with van der Waals surface area (Å²) in [6.07, 6.45) is 1.11. The molecule has 0 aliphatic carbocycles. The van der Waals surface area contributed by atoms with Gasteiger partial charge in [0.2, 0.25) is 5.82 Å². The first-order chi connectivity index (χ1) is 9.65. The van der Waals surface area contributed by atoms with E-state index in [-0.39, 0.29) is 17.3 Å². The monoisotopic (exact) mass is 274 g/mol. The second-order valence-electron chi connectivity index (χ2n) is 3.75. The van der Waals surface area contributed by atoms with Gasteiger partial charge in [-0.05, 0) is 5.18 Å². The first-order valence-electron chi connectivity index (χ1n) is 5.49. The molecule has 0 unspecified atom stereocenters. The summed E-state index contributed by atoms with van der Waals surface area (Å²) in [4.78, 5) is 27.9. The van der Waals surface area contributed by atoms with Crippen LogP contribution in [0.3, 0.4) is 0 Å². The van der Waals surface area contributed by atoms with Crippen LogP contribution in [-0.4, -0.2) is 20.3 Å². The number of nitroso groups, excluding NO2 is 1. The number of aliphatic hydroxyl groups excluding tert-OH is 1. The summed E-state index contributed by atoms with van der Waals surface area (Å²) < 4.78 is 0. The summed E-state index contributed by atoms with van der Waals surface area (Å²) in [5.41, 5.74) is 1.23. The lowest BCUT2D eigenvalue weighted by molar-refractivity contribution is 0.385. The fraction of sp³-hybridized carbons (Fsp3) is 0. The number of aromatic amines is 1. The number of aliphatic hydroxyl groups is 1. The number of hydrogen-bond donors (Lipinski definition) is 4. The molecule has 2 aromatic rings. The Morgan fingerprint density at radius 2 is 2.05 bits per heavy atom. The van der Waals surface area contributed by atoms with E-state index in [1.807, 2.05) is 0 Å². The number of aromatic nitrogens is 2. The second kappa shape index (κ2) is 5.76. The minimum atomic E-state index is -0.721. The van der Waals surface area contributed by atoms with E-state index >= 15 is 0 Å². The normalized spacial score (nSPS) is 11.2. The molecule has 0 fully saturated rings. The molecule has 1 aromatic heterocycles. The fourth-order valence-electron chi connectivity index (χ4n) is 1.52. The third kappa shape index (κ3) is 2.70. The van der Waals surface area contributed by atoms with Gasteiger partial charge in [-0.3, -0.25) is 15.0 Å². The van der Waals surface area contributed by atoms with Gasteiger partial charge < -0.3 is 5.11 Å². The molecule has 8 nitrogen and oxygen atoms in total. The van der Waals surface area contributed by atoms with E-state index in [0.29, 0.717) is 5.56 Å². The quantitative estimate of drug-likeness (QED) is 0.383. The molecule has 102 valence electrons. The topological polar surface area (TPSA) is 128 Å². The van der Waals surface area contributed by atoms with Gasteiger partial charge >= 0.3 is 0 Å². The first-order valence-corrected chi connectivity index (χ1v) is 5.49. The average Bonchev–Trinajstić information content (AvgIpc) is 2.49. The predicted molar refractivity (Wildman–Crippen MR) is 72.7 cm³/mol. The number of anilines is 1. The molecule has 0 amide bonds. The Bertz CT molecular complexity index is 709. The summed E-state index contributed by atoms with van der Waals surface area (Å²) in [6, 6.07) is 8.51. The molecule has 0 saturated heterocycles. The van der Waals surface area contributed by atoms with Gasteiger partial charge in [-0.25, -0.2) is 10.5 Å². The van der Waals surface area contributed by atoms with Gasteiger partial charge in [0.25, 0.3) is 5.56 Å². The molecule has 2 rings (SSSR count). The summed E-state index contributed by atoms with van der Waals surface area (Å²) in [5, 5.41) is 21.2. The second-order valence-corrected chi connectivity index (χ2v) is 3.75. The van der Waals surface area contributed by atoms with Gasteiger partial charge in [0.15, 0.2) is 5.82 Å². The molecule has 0 saturated carbocycles. The third-order valence-corrected chi connectivity index (χ3v) is 2.46. The van der Waals surface area contributed by atoms with Crippen molar-refractivity contribution in [2.75, 3.05) is 5.48 Å². The van der Waals surface area contributed by atoms with Crippen LogP contribution in [0.1, 0.15) is 11.3 Å². The Morgan fingerprint density at radius 1 is 1.35 bits per heavy atom. The van der Waals surface area contributed by atoms with E-state index in [4.69, 9.17) is 5.21 Å². The van der Waals surface area contributed by atoms with Crippen molar-refractivity contribution in [2.45, 2.75) is 0 Å². The van der Waals surface area contributed by atoms with Crippen molar-refractivity contribution >= 4 is 23.5 Å². The van der Waals surface area contributed by atoms with Crippen molar-refractivity contribution in [3.63, 3.8) is 0 Å². The lowest BCUT2D eigenvalue weighted by Crippen LogP contribution is -2.13. The van der Waals surface area contributed by atoms with E-state index < -0.39 is 11.4 Å². The maximum Gasteiger partial charge on any atom is 0.275 e. The number of nitrogens with one attached hydrogen (secondary N) is 2. The highest BCUT2D eigenvalue weighted by Crippen LogP contribution is 2.18. The van der Waals surface area contributed by atoms with Crippen LogP contribution in [0.4, 0.5) is 11.6 Å². The maximum absolute atomic E-state index is 11.7. The highest BCUT2D eigenvalue weighted by Gasteiger charge is 2.10. The largest absolute Gasteiger partial charge is 0.507 e. The fourth-order valence-corrected chi connectivity index (χ4v) is 1.52. The average molecular weight is 274 g/mol. The van der Waals surface area contributed by atoms with Gasteiger partial charge in [0.05, 0.1) is 0 Å². The number of benzene rings is 1. The molecule has 0 atom stereocenters. The van der Waals surface area contributed by atoms with Crippen LogP contribution in [0.15, 0.2) is 40.3 Å². The highest BCUT2D eigenvalue weighted by molar-refractivity contribution is 5.75. The number of hydrogen-bond acceptors (Lipinski definition) is 7. The lowest BCUT2D eigenvalue weighted by atomic mass is 10.1. The standard InChI is InChI=1S/C12H10N4O4/c17-9(7-4-2-1-3-5-7)6-8-12(18)14-11(16-20)10(13-8)15-19/h1-6,17,19H,(H,13,15)(H,14,18). The molecule has 0 aliphatic heterocycles. The Balaban J connectivity index is 2.49.